The quantitative estimate of drug-likeness (QED) is 0.750. The first-order valence-electron chi connectivity index (χ1n) is 3.53. The smallest absolute Gasteiger partial charge is 0.264 e. The van der Waals surface area contributed by atoms with E-state index in [1.165, 1.54) is 6.20 Å². The Hall–Kier alpha value is -0.970. The molecule has 5 heteroatoms. The Balaban J connectivity index is 2.70. The summed E-state index contributed by atoms with van der Waals surface area (Å²) in [5, 5.41) is 3.39. The molecule has 0 unspecified atom stereocenters. The fraction of sp³-hybridized carbons (Fsp3) is 0.571. The van der Waals surface area contributed by atoms with Crippen LogP contribution in [0.1, 0.15) is 11.3 Å². The van der Waals surface area contributed by atoms with Crippen molar-refractivity contribution < 1.29 is 13.3 Å². The molecule has 0 saturated carbocycles. The molecule has 0 aliphatic heterocycles. The van der Waals surface area contributed by atoms with Gasteiger partial charge in [0.15, 0.2) is 0 Å². The molecule has 0 bridgehead atoms. The second-order valence-electron chi connectivity index (χ2n) is 2.64. The normalized spacial score (nSPS) is 12.0. The van der Waals surface area contributed by atoms with Crippen LogP contribution >= 0.6 is 0 Å². The van der Waals surface area contributed by atoms with E-state index in [2.05, 4.69) is 9.68 Å². The largest absolute Gasteiger partial charge is 0.361 e. The van der Waals surface area contributed by atoms with Gasteiger partial charge < -0.3 is 10.3 Å². The number of nitrogens with two attached hydrogens (primary N) is 1. The lowest BCUT2D eigenvalue weighted by Crippen LogP contribution is -2.30. The molecule has 0 atom stereocenters. The molecule has 1 aromatic heterocycles. The van der Waals surface area contributed by atoms with Gasteiger partial charge in [0.1, 0.15) is 5.76 Å². The third-order valence-corrected chi connectivity index (χ3v) is 1.60. The van der Waals surface area contributed by atoms with Gasteiger partial charge in [0.05, 0.1) is 12.7 Å². The maximum absolute atomic E-state index is 12.7. The molecule has 0 aliphatic rings. The zero-order valence-corrected chi connectivity index (χ0v) is 6.68. The molecular formula is C7H10F2N2O. The second-order valence-corrected chi connectivity index (χ2v) is 2.64. The van der Waals surface area contributed by atoms with E-state index in [4.69, 9.17) is 5.73 Å². The molecule has 68 valence electrons. The lowest BCUT2D eigenvalue weighted by atomic mass is 10.1. The van der Waals surface area contributed by atoms with E-state index in [1.54, 1.807) is 6.92 Å². The van der Waals surface area contributed by atoms with Crippen molar-refractivity contribution in [2.45, 2.75) is 19.3 Å². The van der Waals surface area contributed by atoms with Crippen LogP contribution in [0.3, 0.4) is 0 Å². The van der Waals surface area contributed by atoms with Crippen LogP contribution < -0.4 is 5.73 Å². The molecule has 0 aromatic carbocycles. The van der Waals surface area contributed by atoms with Crippen molar-refractivity contribution >= 4 is 0 Å². The number of nitrogens with zero attached hydrogens (tertiary/aromatic N) is 1. The van der Waals surface area contributed by atoms with Gasteiger partial charge >= 0.3 is 0 Å². The summed E-state index contributed by atoms with van der Waals surface area (Å²) in [5.41, 5.74) is 5.28. The molecule has 1 rings (SSSR count). The van der Waals surface area contributed by atoms with E-state index < -0.39 is 18.9 Å². The molecule has 0 saturated heterocycles. The summed E-state index contributed by atoms with van der Waals surface area (Å²) in [6, 6.07) is 0. The van der Waals surface area contributed by atoms with Gasteiger partial charge in [-0.3, -0.25) is 0 Å². The van der Waals surface area contributed by atoms with E-state index in [9.17, 15) is 8.78 Å². The van der Waals surface area contributed by atoms with Crippen LogP contribution in [-0.4, -0.2) is 17.6 Å². The monoisotopic (exact) mass is 176 g/mol. The molecule has 0 fully saturated rings. The highest BCUT2D eigenvalue weighted by Crippen LogP contribution is 2.20. The van der Waals surface area contributed by atoms with Crippen LogP contribution in [0.25, 0.3) is 0 Å². The standard InChI is InChI=1S/C7H10F2N2O/c1-5-6(3-11-12-5)2-7(8,9)4-10/h3H,2,4,10H2,1H3. The van der Waals surface area contributed by atoms with Gasteiger partial charge in [0, 0.05) is 12.0 Å². The Bertz CT molecular complexity index is 260. The van der Waals surface area contributed by atoms with Gasteiger partial charge in [0.2, 0.25) is 0 Å². The third kappa shape index (κ3) is 2.01. The van der Waals surface area contributed by atoms with Crippen LogP contribution in [0, 0.1) is 6.92 Å². The lowest BCUT2D eigenvalue weighted by Gasteiger charge is -2.11. The number of halogens is 2. The topological polar surface area (TPSA) is 52.0 Å². The highest BCUT2D eigenvalue weighted by atomic mass is 19.3. The van der Waals surface area contributed by atoms with Gasteiger partial charge in [-0.15, -0.1) is 0 Å². The molecule has 2 N–H and O–H groups in total. The van der Waals surface area contributed by atoms with Crippen molar-refractivity contribution in [1.29, 1.82) is 0 Å². The van der Waals surface area contributed by atoms with Crippen molar-refractivity contribution in [1.82, 2.24) is 5.16 Å². The van der Waals surface area contributed by atoms with Crippen molar-refractivity contribution in [3.63, 3.8) is 0 Å². The van der Waals surface area contributed by atoms with E-state index in [-0.39, 0.29) is 0 Å². The summed E-state index contributed by atoms with van der Waals surface area (Å²) in [4.78, 5) is 0. The number of rotatable bonds is 3. The summed E-state index contributed by atoms with van der Waals surface area (Å²) >= 11 is 0. The highest BCUT2D eigenvalue weighted by Gasteiger charge is 2.28. The first-order valence-corrected chi connectivity index (χ1v) is 3.53. The average molecular weight is 176 g/mol. The minimum Gasteiger partial charge on any atom is -0.361 e. The van der Waals surface area contributed by atoms with Crippen LogP contribution in [0.4, 0.5) is 8.78 Å². The van der Waals surface area contributed by atoms with Gasteiger partial charge in [-0.2, -0.15) is 0 Å². The Morgan fingerprint density at radius 1 is 1.67 bits per heavy atom. The lowest BCUT2D eigenvalue weighted by molar-refractivity contribution is 0.0111. The van der Waals surface area contributed by atoms with Gasteiger partial charge in [0.25, 0.3) is 5.92 Å². The Kier molecular flexibility index (Phi) is 2.42. The number of alkyl halides is 2. The maximum Gasteiger partial charge on any atom is 0.264 e. The molecule has 3 nitrogen and oxygen atoms in total. The molecule has 0 radical (unpaired) electrons. The fourth-order valence-electron chi connectivity index (χ4n) is 0.839. The molecule has 12 heavy (non-hydrogen) atoms. The Morgan fingerprint density at radius 2 is 2.33 bits per heavy atom. The van der Waals surface area contributed by atoms with Crippen molar-refractivity contribution in [2.24, 2.45) is 5.73 Å². The zero-order chi connectivity index (χ0) is 9.19. The Morgan fingerprint density at radius 3 is 2.75 bits per heavy atom. The second kappa shape index (κ2) is 3.18. The molecule has 0 aliphatic carbocycles. The highest BCUT2D eigenvalue weighted by molar-refractivity contribution is 5.13. The van der Waals surface area contributed by atoms with E-state index in [0.29, 0.717) is 11.3 Å². The fourth-order valence-corrected chi connectivity index (χ4v) is 0.839. The molecular weight excluding hydrogens is 166 g/mol. The van der Waals surface area contributed by atoms with Gasteiger partial charge in [-0.05, 0) is 6.92 Å². The average Bonchev–Trinajstić information content (AvgIpc) is 2.36. The minimum absolute atomic E-state index is 0.404. The number of aryl methyl sites for hydroxylation is 1. The van der Waals surface area contributed by atoms with Crippen molar-refractivity contribution in [2.75, 3.05) is 6.54 Å². The van der Waals surface area contributed by atoms with Gasteiger partial charge in [-0.25, -0.2) is 8.78 Å². The Labute approximate surface area is 68.5 Å². The molecule has 0 spiro atoms. The summed E-state index contributed by atoms with van der Waals surface area (Å²) in [5.74, 6) is -2.45. The number of hydrogen-bond donors (Lipinski definition) is 1. The summed E-state index contributed by atoms with van der Waals surface area (Å²) in [7, 11) is 0. The van der Waals surface area contributed by atoms with E-state index >= 15 is 0 Å². The maximum atomic E-state index is 12.7. The molecule has 0 amide bonds. The van der Waals surface area contributed by atoms with E-state index in [1.807, 2.05) is 0 Å². The van der Waals surface area contributed by atoms with Crippen molar-refractivity contribution in [3.8, 4) is 0 Å². The first-order chi connectivity index (χ1) is 5.55. The minimum atomic E-state index is -2.86. The number of hydrogen-bond acceptors (Lipinski definition) is 3. The van der Waals surface area contributed by atoms with E-state index in [0.717, 1.165) is 0 Å². The predicted molar refractivity (Wildman–Crippen MR) is 38.9 cm³/mol. The first kappa shape index (κ1) is 9.12. The van der Waals surface area contributed by atoms with Crippen molar-refractivity contribution in [3.05, 3.63) is 17.5 Å². The van der Waals surface area contributed by atoms with Crippen LogP contribution in [0.2, 0.25) is 0 Å². The molecule has 1 aromatic rings. The summed E-state index contributed by atoms with van der Waals surface area (Å²) in [6.07, 6.45) is 0.887. The summed E-state index contributed by atoms with van der Waals surface area (Å²) in [6.45, 7) is 0.937. The summed E-state index contributed by atoms with van der Waals surface area (Å²) < 4.78 is 30.0. The number of aromatic nitrogens is 1. The third-order valence-electron chi connectivity index (χ3n) is 1.60. The van der Waals surface area contributed by atoms with Crippen LogP contribution in [0.15, 0.2) is 10.7 Å². The van der Waals surface area contributed by atoms with Crippen LogP contribution in [-0.2, 0) is 6.42 Å². The molecule has 1 heterocycles. The van der Waals surface area contributed by atoms with Gasteiger partial charge in [-0.1, -0.05) is 5.16 Å². The SMILES string of the molecule is Cc1oncc1CC(F)(F)CN. The zero-order valence-electron chi connectivity index (χ0n) is 6.68. The predicted octanol–water partition coefficient (Wildman–Crippen LogP) is 1.12. The van der Waals surface area contributed by atoms with Crippen LogP contribution in [0.5, 0.6) is 0 Å².